The molecule has 122 valence electrons. The summed E-state index contributed by atoms with van der Waals surface area (Å²) >= 11 is 0. The van der Waals surface area contributed by atoms with E-state index in [4.69, 9.17) is 4.74 Å². The molecule has 1 aromatic heterocycles. The Morgan fingerprint density at radius 2 is 1.96 bits per heavy atom. The van der Waals surface area contributed by atoms with Crippen LogP contribution in [0.5, 0.6) is 0 Å². The van der Waals surface area contributed by atoms with Crippen molar-refractivity contribution >= 4 is 39.8 Å². The lowest BCUT2D eigenvalue weighted by molar-refractivity contribution is -0.105. The number of carbonyl (C=O) groups excluding carboxylic acids is 2. The number of fused-ring (bicyclic) bond motifs is 3. The van der Waals surface area contributed by atoms with Crippen molar-refractivity contribution in [2.75, 3.05) is 31.6 Å². The number of aromatic nitrogens is 1. The molecule has 4 rings (SSSR count). The van der Waals surface area contributed by atoms with Gasteiger partial charge in [0.1, 0.15) is 0 Å². The fraction of sp³-hybridized carbons (Fsp3) is 0.222. The molecule has 6 heteroatoms. The molecular weight excluding hydrogens is 306 g/mol. The molecule has 0 aliphatic carbocycles. The number of carbonyl (C=O) groups is 2. The van der Waals surface area contributed by atoms with Crippen molar-refractivity contribution in [3.63, 3.8) is 0 Å². The Balaban J connectivity index is 1.87. The van der Waals surface area contributed by atoms with Crippen LogP contribution in [0.1, 0.15) is 10.4 Å². The molecule has 0 atom stereocenters. The molecule has 3 aromatic rings. The van der Waals surface area contributed by atoms with Crippen LogP contribution in [0.15, 0.2) is 36.4 Å². The molecule has 0 radical (unpaired) electrons. The van der Waals surface area contributed by atoms with Crippen LogP contribution in [-0.4, -0.2) is 48.5 Å². The average molecular weight is 323 g/mol. The SMILES string of the molecule is O=CNc1cc(C(=O)N2CCOCC2)cc2c1[nH]c1ccccc12. The zero-order chi connectivity index (χ0) is 16.5. The summed E-state index contributed by atoms with van der Waals surface area (Å²) in [5.74, 6) is -0.0422. The molecule has 0 spiro atoms. The number of benzene rings is 2. The van der Waals surface area contributed by atoms with Crippen LogP contribution < -0.4 is 5.32 Å². The molecular formula is C18H17N3O3. The highest BCUT2D eigenvalue weighted by Crippen LogP contribution is 2.32. The van der Waals surface area contributed by atoms with E-state index in [1.54, 1.807) is 11.0 Å². The highest BCUT2D eigenvalue weighted by molar-refractivity contribution is 6.14. The van der Waals surface area contributed by atoms with Crippen LogP contribution in [-0.2, 0) is 9.53 Å². The van der Waals surface area contributed by atoms with Gasteiger partial charge in [-0.3, -0.25) is 9.59 Å². The second-order valence-electron chi connectivity index (χ2n) is 5.78. The second kappa shape index (κ2) is 5.98. The number of nitrogens with one attached hydrogen (secondary N) is 2. The Bertz CT molecular complexity index is 926. The van der Waals surface area contributed by atoms with E-state index in [2.05, 4.69) is 10.3 Å². The van der Waals surface area contributed by atoms with Crippen molar-refractivity contribution in [1.82, 2.24) is 9.88 Å². The highest BCUT2D eigenvalue weighted by atomic mass is 16.5. The van der Waals surface area contributed by atoms with Crippen molar-refractivity contribution in [3.05, 3.63) is 42.0 Å². The average Bonchev–Trinajstić information content (AvgIpc) is 3.01. The lowest BCUT2D eigenvalue weighted by Gasteiger charge is -2.27. The first-order valence-electron chi connectivity index (χ1n) is 7.89. The van der Waals surface area contributed by atoms with Crippen LogP contribution in [0.4, 0.5) is 5.69 Å². The molecule has 1 aliphatic rings. The molecule has 1 aliphatic heterocycles. The minimum absolute atomic E-state index is 0.0422. The van der Waals surface area contributed by atoms with Crippen LogP contribution in [0.3, 0.4) is 0 Å². The molecule has 0 bridgehead atoms. The molecule has 2 heterocycles. The predicted octanol–water partition coefficient (Wildman–Crippen LogP) is 2.36. The van der Waals surface area contributed by atoms with Gasteiger partial charge in [0, 0.05) is 34.9 Å². The van der Waals surface area contributed by atoms with Crippen LogP contribution in [0.2, 0.25) is 0 Å². The third-order valence-corrected chi connectivity index (χ3v) is 4.37. The summed E-state index contributed by atoms with van der Waals surface area (Å²) in [4.78, 5) is 28.9. The number of nitrogens with zero attached hydrogens (tertiary/aromatic N) is 1. The number of anilines is 1. The van der Waals surface area contributed by atoms with E-state index >= 15 is 0 Å². The molecule has 24 heavy (non-hydrogen) atoms. The molecule has 6 nitrogen and oxygen atoms in total. The number of hydrogen-bond acceptors (Lipinski definition) is 3. The largest absolute Gasteiger partial charge is 0.378 e. The maximum atomic E-state index is 12.8. The maximum Gasteiger partial charge on any atom is 0.254 e. The molecule has 2 aromatic carbocycles. The third-order valence-electron chi connectivity index (χ3n) is 4.37. The first kappa shape index (κ1) is 14.7. The first-order valence-corrected chi connectivity index (χ1v) is 7.89. The Kier molecular flexibility index (Phi) is 3.66. The Labute approximate surface area is 138 Å². The number of para-hydroxylation sites is 1. The van der Waals surface area contributed by atoms with E-state index in [0.717, 1.165) is 21.8 Å². The number of ether oxygens (including phenoxy) is 1. The molecule has 2 amide bonds. The predicted molar refractivity (Wildman–Crippen MR) is 92.2 cm³/mol. The summed E-state index contributed by atoms with van der Waals surface area (Å²) in [7, 11) is 0. The molecule has 2 N–H and O–H groups in total. The van der Waals surface area contributed by atoms with Gasteiger partial charge in [0.2, 0.25) is 6.41 Å². The zero-order valence-corrected chi connectivity index (χ0v) is 13.0. The smallest absolute Gasteiger partial charge is 0.254 e. The van der Waals surface area contributed by atoms with Crippen molar-refractivity contribution < 1.29 is 14.3 Å². The Morgan fingerprint density at radius 1 is 1.17 bits per heavy atom. The Morgan fingerprint density at radius 3 is 2.75 bits per heavy atom. The third kappa shape index (κ3) is 2.41. The van der Waals surface area contributed by atoms with Crippen molar-refractivity contribution in [2.24, 2.45) is 0 Å². The van der Waals surface area contributed by atoms with E-state index in [-0.39, 0.29) is 5.91 Å². The summed E-state index contributed by atoms with van der Waals surface area (Å²) < 4.78 is 5.31. The number of hydrogen-bond donors (Lipinski definition) is 2. The van der Waals surface area contributed by atoms with Gasteiger partial charge in [-0.1, -0.05) is 18.2 Å². The standard InChI is InChI=1S/C18H17N3O3/c22-11-19-16-10-12(18(23)21-5-7-24-8-6-21)9-14-13-3-1-2-4-15(13)20-17(14)16/h1-4,9-11,20H,5-8H2,(H,19,22). The Hall–Kier alpha value is -2.86. The van der Waals surface area contributed by atoms with E-state index in [0.29, 0.717) is 44.0 Å². The topological polar surface area (TPSA) is 74.4 Å². The lowest BCUT2D eigenvalue weighted by atomic mass is 10.1. The summed E-state index contributed by atoms with van der Waals surface area (Å²) in [5.41, 5.74) is 2.97. The highest BCUT2D eigenvalue weighted by Gasteiger charge is 2.20. The van der Waals surface area contributed by atoms with Crippen LogP contribution >= 0.6 is 0 Å². The van der Waals surface area contributed by atoms with Crippen molar-refractivity contribution in [2.45, 2.75) is 0 Å². The number of amides is 2. The van der Waals surface area contributed by atoms with E-state index in [1.165, 1.54) is 0 Å². The zero-order valence-electron chi connectivity index (χ0n) is 13.0. The van der Waals surface area contributed by atoms with Gasteiger partial charge in [-0.15, -0.1) is 0 Å². The lowest BCUT2D eigenvalue weighted by Crippen LogP contribution is -2.40. The van der Waals surface area contributed by atoms with Crippen LogP contribution in [0, 0.1) is 0 Å². The minimum Gasteiger partial charge on any atom is -0.378 e. The molecule has 0 saturated carbocycles. The quantitative estimate of drug-likeness (QED) is 0.727. The van der Waals surface area contributed by atoms with Gasteiger partial charge >= 0.3 is 0 Å². The molecule has 1 saturated heterocycles. The second-order valence-corrected chi connectivity index (χ2v) is 5.78. The summed E-state index contributed by atoms with van der Waals surface area (Å²) in [6.07, 6.45) is 0.628. The fourth-order valence-electron chi connectivity index (χ4n) is 3.20. The van der Waals surface area contributed by atoms with E-state index < -0.39 is 0 Å². The van der Waals surface area contributed by atoms with Gasteiger partial charge in [-0.2, -0.15) is 0 Å². The molecule has 1 fully saturated rings. The number of aromatic amines is 1. The van der Waals surface area contributed by atoms with Crippen molar-refractivity contribution in [1.29, 1.82) is 0 Å². The summed E-state index contributed by atoms with van der Waals surface area (Å²) in [6.45, 7) is 2.28. The van der Waals surface area contributed by atoms with Gasteiger partial charge in [-0.05, 0) is 18.2 Å². The minimum atomic E-state index is -0.0422. The number of rotatable bonds is 3. The van der Waals surface area contributed by atoms with E-state index in [9.17, 15) is 9.59 Å². The van der Waals surface area contributed by atoms with Gasteiger partial charge in [0.05, 0.1) is 24.4 Å². The fourth-order valence-corrected chi connectivity index (χ4v) is 3.20. The number of H-pyrrole nitrogens is 1. The van der Waals surface area contributed by atoms with Gasteiger partial charge in [-0.25, -0.2) is 0 Å². The summed E-state index contributed by atoms with van der Waals surface area (Å²) in [5, 5.41) is 4.65. The molecule has 0 unspecified atom stereocenters. The van der Waals surface area contributed by atoms with Gasteiger partial charge < -0.3 is 19.9 Å². The van der Waals surface area contributed by atoms with E-state index in [1.807, 2.05) is 30.3 Å². The first-order chi connectivity index (χ1) is 11.8. The monoisotopic (exact) mass is 323 g/mol. The van der Waals surface area contributed by atoms with Crippen LogP contribution in [0.25, 0.3) is 21.8 Å². The van der Waals surface area contributed by atoms with Gasteiger partial charge in [0.15, 0.2) is 0 Å². The number of morpholine rings is 1. The normalized spacial score (nSPS) is 14.9. The maximum absolute atomic E-state index is 12.8. The van der Waals surface area contributed by atoms with Gasteiger partial charge in [0.25, 0.3) is 5.91 Å². The summed E-state index contributed by atoms with van der Waals surface area (Å²) in [6, 6.07) is 11.5. The van der Waals surface area contributed by atoms with Crippen molar-refractivity contribution in [3.8, 4) is 0 Å².